The van der Waals surface area contributed by atoms with Crippen LogP contribution < -0.4 is 5.32 Å². The van der Waals surface area contributed by atoms with Gasteiger partial charge in [0.25, 0.3) is 5.91 Å². The molecule has 0 saturated heterocycles. The highest BCUT2D eigenvalue weighted by molar-refractivity contribution is 9.10. The minimum absolute atomic E-state index is 0.234. The average molecular weight is 323 g/mol. The number of furan rings is 1. The maximum atomic E-state index is 11.8. The van der Waals surface area contributed by atoms with Crippen molar-refractivity contribution in [3.63, 3.8) is 0 Å². The molecule has 1 N–H and O–H groups in total. The van der Waals surface area contributed by atoms with Crippen LogP contribution in [0.15, 0.2) is 50.4 Å². The van der Waals surface area contributed by atoms with Crippen molar-refractivity contribution in [2.75, 3.05) is 5.32 Å². The Morgan fingerprint density at radius 3 is 2.56 bits per heavy atom. The summed E-state index contributed by atoms with van der Waals surface area (Å²) in [4.78, 5) is 12.6. The average Bonchev–Trinajstić information content (AvgIpc) is 2.79. The molecule has 1 aromatic heterocycles. The third-order valence-electron chi connectivity index (χ3n) is 2.07. The van der Waals surface area contributed by atoms with Gasteiger partial charge in [0.2, 0.25) is 0 Å². The number of thiocyanates is 1. The van der Waals surface area contributed by atoms with Crippen LogP contribution in [0.2, 0.25) is 0 Å². The summed E-state index contributed by atoms with van der Waals surface area (Å²) in [5.74, 6) is -0.0845. The van der Waals surface area contributed by atoms with Crippen LogP contribution in [-0.2, 0) is 0 Å². The quantitative estimate of drug-likeness (QED) is 0.688. The highest BCUT2D eigenvalue weighted by Crippen LogP contribution is 2.20. The van der Waals surface area contributed by atoms with Gasteiger partial charge in [0.15, 0.2) is 10.4 Å². The number of benzene rings is 1. The fourth-order valence-corrected chi connectivity index (χ4v) is 1.97. The van der Waals surface area contributed by atoms with Gasteiger partial charge in [-0.05, 0) is 64.1 Å². The van der Waals surface area contributed by atoms with E-state index >= 15 is 0 Å². The Kier molecular flexibility index (Phi) is 4.07. The van der Waals surface area contributed by atoms with Crippen molar-refractivity contribution in [2.24, 2.45) is 0 Å². The molecule has 0 spiro atoms. The topological polar surface area (TPSA) is 66.0 Å². The maximum Gasteiger partial charge on any atom is 0.291 e. The van der Waals surface area contributed by atoms with Crippen molar-refractivity contribution < 1.29 is 9.21 Å². The number of anilines is 1. The lowest BCUT2D eigenvalue weighted by Crippen LogP contribution is -2.10. The predicted molar refractivity (Wildman–Crippen MR) is 72.3 cm³/mol. The van der Waals surface area contributed by atoms with Gasteiger partial charge in [0.1, 0.15) is 5.40 Å². The summed E-state index contributed by atoms with van der Waals surface area (Å²) in [6.07, 6.45) is 0. The summed E-state index contributed by atoms with van der Waals surface area (Å²) >= 11 is 4.20. The third-order valence-corrected chi connectivity index (χ3v) is 3.10. The number of thioether (sulfide) groups is 1. The van der Waals surface area contributed by atoms with Crippen LogP contribution in [0.5, 0.6) is 0 Å². The zero-order valence-electron chi connectivity index (χ0n) is 9.01. The lowest BCUT2D eigenvalue weighted by atomic mass is 10.3. The van der Waals surface area contributed by atoms with Crippen LogP contribution >= 0.6 is 27.7 Å². The van der Waals surface area contributed by atoms with Crippen molar-refractivity contribution in [3.05, 3.63) is 46.8 Å². The molecular formula is C12H7BrN2O2S. The van der Waals surface area contributed by atoms with E-state index in [0.717, 1.165) is 16.7 Å². The molecule has 90 valence electrons. The number of carbonyl (C=O) groups is 1. The highest BCUT2D eigenvalue weighted by Gasteiger charge is 2.10. The van der Waals surface area contributed by atoms with E-state index in [0.29, 0.717) is 10.4 Å². The lowest BCUT2D eigenvalue weighted by molar-refractivity contribution is 0.0995. The summed E-state index contributed by atoms with van der Waals surface area (Å²) in [7, 11) is 0. The van der Waals surface area contributed by atoms with E-state index in [4.69, 9.17) is 9.68 Å². The molecule has 4 nitrogen and oxygen atoms in total. The highest BCUT2D eigenvalue weighted by atomic mass is 79.9. The number of halogens is 1. The van der Waals surface area contributed by atoms with Gasteiger partial charge in [-0.15, -0.1) is 0 Å². The van der Waals surface area contributed by atoms with Crippen molar-refractivity contribution in [1.82, 2.24) is 0 Å². The first kappa shape index (κ1) is 12.7. The van der Waals surface area contributed by atoms with Crippen molar-refractivity contribution >= 4 is 39.3 Å². The summed E-state index contributed by atoms with van der Waals surface area (Å²) in [6, 6.07) is 10.2. The molecule has 0 radical (unpaired) electrons. The fourth-order valence-electron chi connectivity index (χ4n) is 1.29. The van der Waals surface area contributed by atoms with Crippen molar-refractivity contribution in [3.8, 4) is 5.40 Å². The first-order chi connectivity index (χ1) is 8.69. The Labute approximate surface area is 116 Å². The molecular weight excluding hydrogens is 316 g/mol. The molecule has 6 heteroatoms. The van der Waals surface area contributed by atoms with Gasteiger partial charge >= 0.3 is 0 Å². The third kappa shape index (κ3) is 3.15. The second-order valence-electron chi connectivity index (χ2n) is 3.28. The van der Waals surface area contributed by atoms with Gasteiger partial charge in [-0.25, -0.2) is 0 Å². The van der Waals surface area contributed by atoms with E-state index in [-0.39, 0.29) is 11.7 Å². The zero-order chi connectivity index (χ0) is 13.0. The molecule has 1 amide bonds. The van der Waals surface area contributed by atoms with Crippen LogP contribution in [0.3, 0.4) is 0 Å². The zero-order valence-corrected chi connectivity index (χ0v) is 11.4. The Morgan fingerprint density at radius 1 is 1.28 bits per heavy atom. The molecule has 18 heavy (non-hydrogen) atoms. The Hall–Kier alpha value is -1.71. The molecule has 0 unspecified atom stereocenters. The molecule has 0 bridgehead atoms. The SMILES string of the molecule is N#CSc1ccc(NC(=O)c2ccc(Br)o2)cc1. The van der Waals surface area contributed by atoms with Gasteiger partial charge in [-0.2, -0.15) is 5.26 Å². The maximum absolute atomic E-state index is 11.8. The molecule has 1 aromatic carbocycles. The van der Waals surface area contributed by atoms with E-state index < -0.39 is 0 Å². The Bertz CT molecular complexity index is 601. The van der Waals surface area contributed by atoms with Gasteiger partial charge < -0.3 is 9.73 Å². The monoisotopic (exact) mass is 322 g/mol. The Balaban J connectivity index is 2.05. The lowest BCUT2D eigenvalue weighted by Gasteiger charge is -2.03. The van der Waals surface area contributed by atoms with E-state index in [1.807, 2.05) is 5.40 Å². The number of rotatable bonds is 3. The van der Waals surface area contributed by atoms with Crippen LogP contribution in [0.1, 0.15) is 10.6 Å². The number of nitrogens with zero attached hydrogens (tertiary/aromatic N) is 1. The standard InChI is InChI=1S/C12H7BrN2O2S/c13-11-6-5-10(17-11)12(16)15-8-1-3-9(4-2-8)18-7-14/h1-6H,(H,15,16). The second-order valence-corrected chi connectivity index (χ2v) is 4.92. The first-order valence-electron chi connectivity index (χ1n) is 4.92. The van der Waals surface area contributed by atoms with Crippen LogP contribution in [0.25, 0.3) is 0 Å². The number of nitrogens with one attached hydrogen (secondary N) is 1. The first-order valence-corrected chi connectivity index (χ1v) is 6.52. The molecule has 1 heterocycles. The van der Waals surface area contributed by atoms with Gasteiger partial charge in [0, 0.05) is 10.6 Å². The van der Waals surface area contributed by atoms with Crippen molar-refractivity contribution in [1.29, 1.82) is 5.26 Å². The summed E-state index contributed by atoms with van der Waals surface area (Å²) < 4.78 is 5.65. The minimum atomic E-state index is -0.318. The fraction of sp³-hybridized carbons (Fsp3) is 0. The van der Waals surface area contributed by atoms with E-state index in [1.165, 1.54) is 0 Å². The summed E-state index contributed by atoms with van der Waals surface area (Å²) in [5, 5.41) is 13.2. The molecule has 2 aromatic rings. The van der Waals surface area contributed by atoms with E-state index in [2.05, 4.69) is 21.2 Å². The largest absolute Gasteiger partial charge is 0.444 e. The molecule has 0 saturated carbocycles. The molecule has 0 aliphatic carbocycles. The molecule has 0 fully saturated rings. The van der Waals surface area contributed by atoms with Gasteiger partial charge in [-0.3, -0.25) is 4.79 Å². The van der Waals surface area contributed by atoms with E-state index in [9.17, 15) is 4.79 Å². The normalized spacial score (nSPS) is 9.78. The van der Waals surface area contributed by atoms with Gasteiger partial charge in [-0.1, -0.05) is 0 Å². The molecule has 0 atom stereocenters. The number of carbonyl (C=O) groups excluding carboxylic acids is 1. The number of hydrogen-bond acceptors (Lipinski definition) is 4. The van der Waals surface area contributed by atoms with Crippen LogP contribution in [0, 0.1) is 10.7 Å². The van der Waals surface area contributed by atoms with Gasteiger partial charge in [0.05, 0.1) is 0 Å². The second kappa shape index (κ2) is 5.76. The Morgan fingerprint density at radius 2 is 2.00 bits per heavy atom. The number of amides is 1. The minimum Gasteiger partial charge on any atom is -0.444 e. The van der Waals surface area contributed by atoms with Crippen molar-refractivity contribution in [2.45, 2.75) is 4.90 Å². The predicted octanol–water partition coefficient (Wildman–Crippen LogP) is 3.87. The molecule has 0 aliphatic heterocycles. The molecule has 0 aliphatic rings. The smallest absolute Gasteiger partial charge is 0.291 e. The summed E-state index contributed by atoms with van der Waals surface area (Å²) in [6.45, 7) is 0. The number of hydrogen-bond donors (Lipinski definition) is 1. The van der Waals surface area contributed by atoms with Crippen LogP contribution in [0.4, 0.5) is 5.69 Å². The van der Waals surface area contributed by atoms with E-state index in [1.54, 1.807) is 36.4 Å². The molecule has 2 rings (SSSR count). The number of nitriles is 1. The van der Waals surface area contributed by atoms with Crippen LogP contribution in [-0.4, -0.2) is 5.91 Å². The summed E-state index contributed by atoms with van der Waals surface area (Å²) in [5.41, 5.74) is 0.648.